The van der Waals surface area contributed by atoms with Gasteiger partial charge in [0.05, 0.1) is 18.9 Å². The molecule has 1 aromatic rings. The van der Waals surface area contributed by atoms with Crippen molar-refractivity contribution in [3.8, 4) is 5.75 Å². The summed E-state index contributed by atoms with van der Waals surface area (Å²) in [6.45, 7) is -0.0771. The van der Waals surface area contributed by atoms with Crippen LogP contribution in [-0.4, -0.2) is 52.9 Å². The SMILES string of the molecule is COc1cc(F)ccc1NC(=O)N1CC(O)C[C@H]1C(=O)O. The van der Waals surface area contributed by atoms with Crippen LogP contribution < -0.4 is 10.1 Å². The molecule has 8 heteroatoms. The Morgan fingerprint density at radius 3 is 2.81 bits per heavy atom. The predicted octanol–water partition coefficient (Wildman–Crippen LogP) is 0.886. The molecular formula is C13H15FN2O5. The highest BCUT2D eigenvalue weighted by atomic mass is 19.1. The molecule has 0 saturated carbocycles. The van der Waals surface area contributed by atoms with Crippen molar-refractivity contribution < 1.29 is 28.9 Å². The molecule has 2 rings (SSSR count). The van der Waals surface area contributed by atoms with Crippen LogP contribution in [-0.2, 0) is 4.79 Å². The number of hydrogen-bond donors (Lipinski definition) is 3. The fraction of sp³-hybridized carbons (Fsp3) is 0.385. The minimum atomic E-state index is -1.19. The van der Waals surface area contributed by atoms with E-state index in [4.69, 9.17) is 9.84 Å². The summed E-state index contributed by atoms with van der Waals surface area (Å²) < 4.78 is 18.0. The van der Waals surface area contributed by atoms with Crippen molar-refractivity contribution in [2.75, 3.05) is 19.0 Å². The van der Waals surface area contributed by atoms with Gasteiger partial charge in [-0.2, -0.15) is 0 Å². The topological polar surface area (TPSA) is 99.1 Å². The van der Waals surface area contributed by atoms with Gasteiger partial charge in [0.2, 0.25) is 0 Å². The number of amides is 2. The number of methoxy groups -OCH3 is 1. The van der Waals surface area contributed by atoms with Gasteiger partial charge in [-0.3, -0.25) is 0 Å². The number of nitrogens with one attached hydrogen (secondary N) is 1. The van der Waals surface area contributed by atoms with E-state index in [1.54, 1.807) is 0 Å². The van der Waals surface area contributed by atoms with E-state index in [1.165, 1.54) is 13.2 Å². The van der Waals surface area contributed by atoms with Crippen LogP contribution in [0.3, 0.4) is 0 Å². The fourth-order valence-electron chi connectivity index (χ4n) is 2.23. The molecule has 1 aliphatic heterocycles. The number of β-amino-alcohol motifs (C(OH)–C–C–N with tert-alkyl or cyclic N) is 1. The zero-order valence-electron chi connectivity index (χ0n) is 11.2. The summed E-state index contributed by atoms with van der Waals surface area (Å²) in [5.74, 6) is -1.59. The van der Waals surface area contributed by atoms with E-state index >= 15 is 0 Å². The predicted molar refractivity (Wildman–Crippen MR) is 70.7 cm³/mol. The van der Waals surface area contributed by atoms with E-state index < -0.39 is 30.0 Å². The van der Waals surface area contributed by atoms with E-state index in [0.717, 1.165) is 17.0 Å². The van der Waals surface area contributed by atoms with Gasteiger partial charge in [0.15, 0.2) is 0 Å². The molecule has 114 valence electrons. The smallest absolute Gasteiger partial charge is 0.326 e. The molecular weight excluding hydrogens is 283 g/mol. The maximum atomic E-state index is 13.1. The number of ether oxygens (including phenoxy) is 1. The first-order chi connectivity index (χ1) is 9.92. The average Bonchev–Trinajstić information content (AvgIpc) is 2.83. The van der Waals surface area contributed by atoms with Gasteiger partial charge in [0, 0.05) is 19.0 Å². The Hall–Kier alpha value is -2.35. The molecule has 21 heavy (non-hydrogen) atoms. The van der Waals surface area contributed by atoms with Crippen LogP contribution in [0, 0.1) is 5.82 Å². The highest BCUT2D eigenvalue weighted by Gasteiger charge is 2.39. The molecule has 1 unspecified atom stereocenters. The summed E-state index contributed by atoms with van der Waals surface area (Å²) in [5.41, 5.74) is 0.217. The van der Waals surface area contributed by atoms with Crippen LogP contribution in [0.25, 0.3) is 0 Å². The lowest BCUT2D eigenvalue weighted by molar-refractivity contribution is -0.141. The van der Waals surface area contributed by atoms with E-state index in [1.807, 2.05) is 0 Å². The number of carbonyl (C=O) groups is 2. The number of benzene rings is 1. The first-order valence-electron chi connectivity index (χ1n) is 6.24. The first kappa shape index (κ1) is 15.0. The summed E-state index contributed by atoms with van der Waals surface area (Å²) in [4.78, 5) is 24.2. The van der Waals surface area contributed by atoms with E-state index in [0.29, 0.717) is 0 Å². The first-order valence-corrected chi connectivity index (χ1v) is 6.24. The largest absolute Gasteiger partial charge is 0.494 e. The van der Waals surface area contributed by atoms with Crippen LogP contribution in [0.4, 0.5) is 14.9 Å². The van der Waals surface area contributed by atoms with E-state index in [-0.39, 0.29) is 24.4 Å². The summed E-state index contributed by atoms with van der Waals surface area (Å²) in [6.07, 6.45) is -0.907. The lowest BCUT2D eigenvalue weighted by Gasteiger charge is -2.22. The monoisotopic (exact) mass is 298 g/mol. The Morgan fingerprint density at radius 2 is 2.19 bits per heavy atom. The van der Waals surface area contributed by atoms with Gasteiger partial charge in [-0.05, 0) is 12.1 Å². The molecule has 0 spiro atoms. The third-order valence-electron chi connectivity index (χ3n) is 3.23. The number of aliphatic hydroxyl groups is 1. The number of nitrogens with zero attached hydrogens (tertiary/aromatic N) is 1. The van der Waals surface area contributed by atoms with Crippen LogP contribution in [0.15, 0.2) is 18.2 Å². The Balaban J connectivity index is 2.16. The molecule has 1 fully saturated rings. The lowest BCUT2D eigenvalue weighted by atomic mass is 10.2. The molecule has 1 saturated heterocycles. The third-order valence-corrected chi connectivity index (χ3v) is 3.23. The molecule has 0 bridgehead atoms. The van der Waals surface area contributed by atoms with Crippen molar-refractivity contribution in [2.45, 2.75) is 18.6 Å². The molecule has 0 aromatic heterocycles. The normalized spacial score (nSPS) is 21.2. The summed E-state index contributed by atoms with van der Waals surface area (Å²) in [5, 5.41) is 21.0. The molecule has 1 heterocycles. The van der Waals surface area contributed by atoms with Crippen molar-refractivity contribution in [2.24, 2.45) is 0 Å². The minimum absolute atomic E-state index is 0.0245. The Labute approximate surface area is 119 Å². The van der Waals surface area contributed by atoms with Crippen LogP contribution in [0.1, 0.15) is 6.42 Å². The number of carboxylic acid groups (broad SMARTS) is 1. The Kier molecular flexibility index (Phi) is 4.27. The molecule has 2 atom stereocenters. The van der Waals surface area contributed by atoms with Crippen molar-refractivity contribution in [3.63, 3.8) is 0 Å². The van der Waals surface area contributed by atoms with E-state index in [2.05, 4.69) is 5.32 Å². The second kappa shape index (κ2) is 5.96. The van der Waals surface area contributed by atoms with Gasteiger partial charge < -0.3 is 25.2 Å². The van der Waals surface area contributed by atoms with Gasteiger partial charge in [-0.15, -0.1) is 0 Å². The maximum absolute atomic E-state index is 13.1. The molecule has 1 aliphatic rings. The molecule has 0 aliphatic carbocycles. The van der Waals surface area contributed by atoms with Crippen molar-refractivity contribution in [1.29, 1.82) is 0 Å². The number of urea groups is 1. The molecule has 0 radical (unpaired) electrons. The fourth-order valence-corrected chi connectivity index (χ4v) is 2.23. The molecule has 2 amide bonds. The summed E-state index contributed by atoms with van der Waals surface area (Å²) >= 11 is 0. The minimum Gasteiger partial charge on any atom is -0.494 e. The zero-order chi connectivity index (χ0) is 15.6. The molecule has 1 aromatic carbocycles. The van der Waals surface area contributed by atoms with Crippen molar-refractivity contribution >= 4 is 17.7 Å². The van der Waals surface area contributed by atoms with Gasteiger partial charge in [-0.1, -0.05) is 0 Å². The number of anilines is 1. The number of aliphatic hydroxyl groups excluding tert-OH is 1. The Morgan fingerprint density at radius 1 is 1.48 bits per heavy atom. The molecule has 7 nitrogen and oxygen atoms in total. The molecule has 3 N–H and O–H groups in total. The number of hydrogen-bond acceptors (Lipinski definition) is 4. The number of aliphatic carboxylic acids is 1. The highest BCUT2D eigenvalue weighted by Crippen LogP contribution is 2.26. The van der Waals surface area contributed by atoms with Gasteiger partial charge >= 0.3 is 12.0 Å². The van der Waals surface area contributed by atoms with Gasteiger partial charge in [0.25, 0.3) is 0 Å². The number of carbonyl (C=O) groups excluding carboxylic acids is 1. The van der Waals surface area contributed by atoms with Gasteiger partial charge in [0.1, 0.15) is 17.6 Å². The highest BCUT2D eigenvalue weighted by molar-refractivity contribution is 5.94. The summed E-state index contributed by atoms with van der Waals surface area (Å²) in [6, 6.07) is 1.78. The second-order valence-corrected chi connectivity index (χ2v) is 4.67. The quantitative estimate of drug-likeness (QED) is 0.769. The lowest BCUT2D eigenvalue weighted by Crippen LogP contribution is -2.43. The average molecular weight is 298 g/mol. The van der Waals surface area contributed by atoms with Crippen LogP contribution in [0.5, 0.6) is 5.75 Å². The number of halogens is 1. The third kappa shape index (κ3) is 3.22. The van der Waals surface area contributed by atoms with Crippen LogP contribution >= 0.6 is 0 Å². The Bertz CT molecular complexity index is 565. The van der Waals surface area contributed by atoms with E-state index in [9.17, 15) is 19.1 Å². The number of likely N-dealkylation sites (tertiary alicyclic amines) is 1. The number of carboxylic acids is 1. The van der Waals surface area contributed by atoms with Gasteiger partial charge in [-0.25, -0.2) is 14.0 Å². The van der Waals surface area contributed by atoms with Crippen LogP contribution in [0.2, 0.25) is 0 Å². The second-order valence-electron chi connectivity index (χ2n) is 4.67. The number of rotatable bonds is 3. The van der Waals surface area contributed by atoms with Crippen molar-refractivity contribution in [3.05, 3.63) is 24.0 Å². The summed E-state index contributed by atoms with van der Waals surface area (Å²) in [7, 11) is 1.32. The van der Waals surface area contributed by atoms with Crippen molar-refractivity contribution in [1.82, 2.24) is 4.90 Å². The standard InChI is InChI=1S/C13H15FN2O5/c1-21-11-4-7(14)2-3-9(11)15-13(20)16-6-8(17)5-10(16)12(18)19/h2-4,8,10,17H,5-6H2,1H3,(H,15,20)(H,18,19)/t8?,10-/m0/s1. The maximum Gasteiger partial charge on any atom is 0.326 e. The zero-order valence-corrected chi connectivity index (χ0v) is 11.2.